The summed E-state index contributed by atoms with van der Waals surface area (Å²) in [4.78, 5) is 10.0. The second-order valence-electron chi connectivity index (χ2n) is 3.31. The Balaban J connectivity index is 3.03. The molecule has 0 aromatic heterocycles. The molecule has 1 N–H and O–H groups in total. The molecule has 0 aliphatic carbocycles. The number of aliphatic hydroxyl groups is 1. The minimum Gasteiger partial charge on any atom is -0.496 e. The lowest BCUT2D eigenvalue weighted by Crippen LogP contribution is -2.06. The maximum Gasteiger partial charge on any atom is 0.273 e. The van der Waals surface area contributed by atoms with Crippen molar-refractivity contribution in [1.82, 2.24) is 0 Å². The molecule has 0 aliphatic heterocycles. The molecule has 0 amide bonds. The van der Waals surface area contributed by atoms with E-state index in [1.165, 1.54) is 19.2 Å². The summed E-state index contributed by atoms with van der Waals surface area (Å²) < 4.78 is 5.02. The van der Waals surface area contributed by atoms with E-state index < -0.39 is 11.0 Å². The first-order valence-corrected chi connectivity index (χ1v) is 4.54. The molecule has 0 heterocycles. The highest BCUT2D eigenvalue weighted by Crippen LogP contribution is 2.25. The van der Waals surface area contributed by atoms with Crippen LogP contribution in [0.25, 0.3) is 0 Å². The Morgan fingerprint density at radius 2 is 2.27 bits per heavy atom. The summed E-state index contributed by atoms with van der Waals surface area (Å²) in [7, 11) is 1.45. The van der Waals surface area contributed by atoms with Gasteiger partial charge in [-0.05, 0) is 18.6 Å². The minimum absolute atomic E-state index is 0.0128. The lowest BCUT2D eigenvalue weighted by atomic mass is 10.1. The van der Waals surface area contributed by atoms with Gasteiger partial charge in [-0.15, -0.1) is 0 Å². The van der Waals surface area contributed by atoms with Gasteiger partial charge in [0, 0.05) is 12.5 Å². The van der Waals surface area contributed by atoms with Crippen molar-refractivity contribution < 1.29 is 14.8 Å². The molecule has 0 spiro atoms. The first kappa shape index (κ1) is 11.5. The summed E-state index contributed by atoms with van der Waals surface area (Å²) in [5.74, 6) is 0.435. The average molecular weight is 211 g/mol. The summed E-state index contributed by atoms with van der Waals surface area (Å²) in [5.41, 5.74) is 0.749. The highest BCUT2D eigenvalue weighted by molar-refractivity contribution is 5.44. The molecule has 0 aliphatic rings. The molecule has 0 radical (unpaired) electrons. The molecule has 1 unspecified atom stereocenters. The van der Waals surface area contributed by atoms with Crippen molar-refractivity contribution >= 4 is 5.69 Å². The van der Waals surface area contributed by atoms with Gasteiger partial charge in [0.05, 0.1) is 24.2 Å². The van der Waals surface area contributed by atoms with Gasteiger partial charge in [0.1, 0.15) is 5.75 Å². The summed E-state index contributed by atoms with van der Waals surface area (Å²) in [6.45, 7) is 1.65. The van der Waals surface area contributed by atoms with E-state index in [9.17, 15) is 15.2 Å². The summed E-state index contributed by atoms with van der Waals surface area (Å²) >= 11 is 0. The Kier molecular flexibility index (Phi) is 3.62. The van der Waals surface area contributed by atoms with E-state index in [0.29, 0.717) is 12.2 Å². The third kappa shape index (κ3) is 2.92. The SMILES string of the molecule is COc1cc([N+](=O)[O-])ccc1CC(C)O. The van der Waals surface area contributed by atoms with Crippen molar-refractivity contribution in [2.24, 2.45) is 0 Å². The van der Waals surface area contributed by atoms with Gasteiger partial charge in [-0.2, -0.15) is 0 Å². The summed E-state index contributed by atoms with van der Waals surface area (Å²) in [6.07, 6.45) is -0.0818. The van der Waals surface area contributed by atoms with E-state index in [4.69, 9.17) is 4.74 Å². The molecule has 1 aromatic rings. The Hall–Kier alpha value is -1.62. The first-order valence-electron chi connectivity index (χ1n) is 4.54. The Morgan fingerprint density at radius 1 is 1.60 bits per heavy atom. The van der Waals surface area contributed by atoms with Crippen LogP contribution in [0, 0.1) is 10.1 Å². The number of nitrogens with zero attached hydrogens (tertiary/aromatic N) is 1. The van der Waals surface area contributed by atoms with E-state index in [2.05, 4.69) is 0 Å². The second kappa shape index (κ2) is 4.75. The van der Waals surface area contributed by atoms with Crippen LogP contribution in [0.1, 0.15) is 12.5 Å². The second-order valence-corrected chi connectivity index (χ2v) is 3.31. The molecule has 0 saturated heterocycles. The predicted octanol–water partition coefficient (Wildman–Crippen LogP) is 1.53. The predicted molar refractivity (Wildman–Crippen MR) is 55.0 cm³/mol. The molecule has 1 atom stereocenters. The van der Waals surface area contributed by atoms with E-state index in [-0.39, 0.29) is 5.69 Å². The lowest BCUT2D eigenvalue weighted by molar-refractivity contribution is -0.384. The Labute approximate surface area is 87.5 Å². The van der Waals surface area contributed by atoms with Gasteiger partial charge < -0.3 is 9.84 Å². The Bertz CT molecular complexity index is 362. The Morgan fingerprint density at radius 3 is 2.73 bits per heavy atom. The monoisotopic (exact) mass is 211 g/mol. The van der Waals surface area contributed by atoms with Crippen LogP contribution in [0.15, 0.2) is 18.2 Å². The van der Waals surface area contributed by atoms with Gasteiger partial charge in [-0.1, -0.05) is 0 Å². The van der Waals surface area contributed by atoms with Crippen molar-refractivity contribution in [3.63, 3.8) is 0 Å². The summed E-state index contributed by atoms with van der Waals surface area (Å²) in [5, 5.41) is 19.7. The highest BCUT2D eigenvalue weighted by Gasteiger charge is 2.12. The number of hydrogen-bond acceptors (Lipinski definition) is 4. The molecule has 0 saturated carbocycles. The third-order valence-electron chi connectivity index (χ3n) is 2.00. The van der Waals surface area contributed by atoms with Crippen molar-refractivity contribution in [2.45, 2.75) is 19.4 Å². The van der Waals surface area contributed by atoms with Crippen LogP contribution in [0.2, 0.25) is 0 Å². The largest absolute Gasteiger partial charge is 0.496 e. The summed E-state index contributed by atoms with van der Waals surface area (Å²) in [6, 6.07) is 4.36. The molecule has 5 heteroatoms. The van der Waals surface area contributed by atoms with E-state index in [1.54, 1.807) is 13.0 Å². The fraction of sp³-hybridized carbons (Fsp3) is 0.400. The van der Waals surface area contributed by atoms with Gasteiger partial charge in [0.15, 0.2) is 0 Å². The van der Waals surface area contributed by atoms with Crippen LogP contribution < -0.4 is 4.74 Å². The average Bonchev–Trinajstić information content (AvgIpc) is 2.17. The molecule has 82 valence electrons. The molecule has 5 nitrogen and oxygen atoms in total. The van der Waals surface area contributed by atoms with Gasteiger partial charge in [0.2, 0.25) is 0 Å². The van der Waals surface area contributed by atoms with Crippen LogP contribution in [-0.2, 0) is 6.42 Å². The molecule has 0 bridgehead atoms. The minimum atomic E-state index is -0.500. The quantitative estimate of drug-likeness (QED) is 0.605. The maximum atomic E-state index is 10.5. The van der Waals surface area contributed by atoms with Crippen molar-refractivity contribution in [1.29, 1.82) is 0 Å². The smallest absolute Gasteiger partial charge is 0.273 e. The zero-order valence-electron chi connectivity index (χ0n) is 8.64. The van der Waals surface area contributed by atoms with Crippen LogP contribution in [0.5, 0.6) is 5.75 Å². The molecular weight excluding hydrogens is 198 g/mol. The zero-order chi connectivity index (χ0) is 11.4. The van der Waals surface area contributed by atoms with Crippen LogP contribution in [0.3, 0.4) is 0 Å². The van der Waals surface area contributed by atoms with Gasteiger partial charge in [0.25, 0.3) is 5.69 Å². The molecule has 1 rings (SSSR count). The maximum absolute atomic E-state index is 10.5. The number of nitro benzene ring substituents is 1. The standard InChI is InChI=1S/C10H13NO4/c1-7(12)5-8-3-4-9(11(13)14)6-10(8)15-2/h3-4,6-7,12H,5H2,1-2H3. The third-order valence-corrected chi connectivity index (χ3v) is 2.00. The number of nitro groups is 1. The molecule has 0 fully saturated rings. The van der Waals surface area contributed by atoms with Gasteiger partial charge >= 0.3 is 0 Å². The van der Waals surface area contributed by atoms with Gasteiger partial charge in [-0.3, -0.25) is 10.1 Å². The normalized spacial score (nSPS) is 12.2. The number of ether oxygens (including phenoxy) is 1. The van der Waals surface area contributed by atoms with Crippen molar-refractivity contribution in [3.05, 3.63) is 33.9 Å². The van der Waals surface area contributed by atoms with E-state index >= 15 is 0 Å². The van der Waals surface area contributed by atoms with Gasteiger partial charge in [-0.25, -0.2) is 0 Å². The van der Waals surface area contributed by atoms with Crippen LogP contribution >= 0.6 is 0 Å². The van der Waals surface area contributed by atoms with Crippen molar-refractivity contribution in [3.8, 4) is 5.75 Å². The number of hydrogen-bond donors (Lipinski definition) is 1. The van der Waals surface area contributed by atoms with E-state index in [1.807, 2.05) is 0 Å². The fourth-order valence-electron chi connectivity index (χ4n) is 1.33. The van der Waals surface area contributed by atoms with Crippen LogP contribution in [-0.4, -0.2) is 23.2 Å². The number of methoxy groups -OCH3 is 1. The molecule has 15 heavy (non-hydrogen) atoms. The number of non-ortho nitro benzene ring substituents is 1. The highest BCUT2D eigenvalue weighted by atomic mass is 16.6. The fourth-order valence-corrected chi connectivity index (χ4v) is 1.33. The number of benzene rings is 1. The number of aliphatic hydroxyl groups excluding tert-OH is 1. The molecule has 1 aromatic carbocycles. The van der Waals surface area contributed by atoms with Crippen LogP contribution in [0.4, 0.5) is 5.69 Å². The lowest BCUT2D eigenvalue weighted by Gasteiger charge is -2.09. The number of rotatable bonds is 4. The van der Waals surface area contributed by atoms with Crippen molar-refractivity contribution in [2.75, 3.05) is 7.11 Å². The molecular formula is C10H13NO4. The zero-order valence-corrected chi connectivity index (χ0v) is 8.64. The first-order chi connectivity index (χ1) is 7.04. The topological polar surface area (TPSA) is 72.6 Å². The van der Waals surface area contributed by atoms with E-state index in [0.717, 1.165) is 5.56 Å².